The van der Waals surface area contributed by atoms with E-state index in [1.807, 2.05) is 0 Å². The summed E-state index contributed by atoms with van der Waals surface area (Å²) in [7, 11) is 0. The molecule has 0 radical (unpaired) electrons. The highest BCUT2D eigenvalue weighted by atomic mass is 16.5. The molecule has 0 bridgehead atoms. The smallest absolute Gasteiger partial charge is 0.0807 e. The lowest BCUT2D eigenvalue weighted by Gasteiger charge is -2.44. The molecule has 0 amide bonds. The Morgan fingerprint density at radius 3 is 2.57 bits per heavy atom. The number of rotatable bonds is 1. The third kappa shape index (κ3) is 2.12. The standard InChI is InChI=1S/C12H23NO/c1-3-11-4-6-12(7-5-11)9-13-10(2)8-14-12/h10-11,13H,3-9H2,1-2H3. The lowest BCUT2D eigenvalue weighted by atomic mass is 9.77. The zero-order valence-corrected chi connectivity index (χ0v) is 9.51. The van der Waals surface area contributed by atoms with Crippen LogP contribution < -0.4 is 5.32 Å². The molecular formula is C12H23NO. The maximum atomic E-state index is 6.05. The molecule has 0 aromatic carbocycles. The minimum absolute atomic E-state index is 0.207. The molecule has 2 aliphatic rings. The monoisotopic (exact) mass is 197 g/mol. The highest BCUT2D eigenvalue weighted by Crippen LogP contribution is 2.37. The fourth-order valence-electron chi connectivity index (χ4n) is 2.71. The molecule has 1 saturated carbocycles. The Labute approximate surface area is 87.4 Å². The van der Waals surface area contributed by atoms with E-state index < -0.39 is 0 Å². The van der Waals surface area contributed by atoms with Crippen molar-refractivity contribution >= 4 is 0 Å². The molecule has 82 valence electrons. The second kappa shape index (κ2) is 4.19. The summed E-state index contributed by atoms with van der Waals surface area (Å²) in [6.07, 6.45) is 6.62. The molecule has 14 heavy (non-hydrogen) atoms. The number of hydrogen-bond acceptors (Lipinski definition) is 2. The van der Waals surface area contributed by atoms with Crippen LogP contribution in [0.2, 0.25) is 0 Å². The van der Waals surface area contributed by atoms with Crippen LogP contribution in [0.4, 0.5) is 0 Å². The topological polar surface area (TPSA) is 21.3 Å². The number of nitrogens with one attached hydrogen (secondary N) is 1. The largest absolute Gasteiger partial charge is 0.372 e. The quantitative estimate of drug-likeness (QED) is 0.696. The van der Waals surface area contributed by atoms with Crippen molar-refractivity contribution in [3.8, 4) is 0 Å². The van der Waals surface area contributed by atoms with E-state index in [9.17, 15) is 0 Å². The average molecular weight is 197 g/mol. The summed E-state index contributed by atoms with van der Waals surface area (Å²) in [5, 5.41) is 3.55. The summed E-state index contributed by atoms with van der Waals surface area (Å²) in [6, 6.07) is 0.546. The molecule has 1 saturated heterocycles. The van der Waals surface area contributed by atoms with Crippen molar-refractivity contribution in [1.82, 2.24) is 5.32 Å². The van der Waals surface area contributed by atoms with Crippen LogP contribution in [0.1, 0.15) is 46.0 Å². The Morgan fingerprint density at radius 1 is 1.36 bits per heavy atom. The number of ether oxygens (including phenoxy) is 1. The van der Waals surface area contributed by atoms with Crippen molar-refractivity contribution in [3.63, 3.8) is 0 Å². The molecule has 1 aliphatic heterocycles. The van der Waals surface area contributed by atoms with Gasteiger partial charge < -0.3 is 10.1 Å². The fourth-order valence-corrected chi connectivity index (χ4v) is 2.71. The lowest BCUT2D eigenvalue weighted by molar-refractivity contribution is -0.107. The van der Waals surface area contributed by atoms with Crippen molar-refractivity contribution in [3.05, 3.63) is 0 Å². The van der Waals surface area contributed by atoms with Gasteiger partial charge in [-0.15, -0.1) is 0 Å². The van der Waals surface area contributed by atoms with Crippen molar-refractivity contribution in [2.45, 2.75) is 57.6 Å². The predicted molar refractivity (Wildman–Crippen MR) is 58.4 cm³/mol. The molecule has 1 unspecified atom stereocenters. The minimum atomic E-state index is 0.207. The molecule has 2 heteroatoms. The summed E-state index contributed by atoms with van der Waals surface area (Å²) >= 11 is 0. The summed E-state index contributed by atoms with van der Waals surface area (Å²) < 4.78 is 6.05. The van der Waals surface area contributed by atoms with Gasteiger partial charge in [-0.1, -0.05) is 13.3 Å². The van der Waals surface area contributed by atoms with Gasteiger partial charge in [0.05, 0.1) is 12.2 Å². The number of hydrogen-bond donors (Lipinski definition) is 1. The molecule has 2 fully saturated rings. The molecule has 2 rings (SSSR count). The first-order chi connectivity index (χ1) is 6.74. The van der Waals surface area contributed by atoms with Gasteiger partial charge in [-0.2, -0.15) is 0 Å². The molecule has 0 aromatic heterocycles. The van der Waals surface area contributed by atoms with E-state index in [4.69, 9.17) is 4.74 Å². The van der Waals surface area contributed by atoms with Crippen LogP contribution in [0, 0.1) is 5.92 Å². The summed E-state index contributed by atoms with van der Waals surface area (Å²) in [4.78, 5) is 0. The summed E-state index contributed by atoms with van der Waals surface area (Å²) in [6.45, 7) is 6.48. The van der Waals surface area contributed by atoms with Crippen LogP contribution in [-0.4, -0.2) is 24.8 Å². The Kier molecular flexibility index (Phi) is 3.13. The van der Waals surface area contributed by atoms with Gasteiger partial charge in [-0.25, -0.2) is 0 Å². The van der Waals surface area contributed by atoms with Gasteiger partial charge in [0, 0.05) is 12.6 Å². The fraction of sp³-hybridized carbons (Fsp3) is 1.00. The molecule has 0 aromatic rings. The zero-order valence-electron chi connectivity index (χ0n) is 9.51. The molecule has 1 N–H and O–H groups in total. The summed E-state index contributed by atoms with van der Waals surface area (Å²) in [5.74, 6) is 0.962. The normalized spacial score (nSPS) is 44.1. The first-order valence-electron chi connectivity index (χ1n) is 6.11. The van der Waals surface area contributed by atoms with E-state index in [2.05, 4.69) is 19.2 Å². The minimum Gasteiger partial charge on any atom is -0.372 e. The van der Waals surface area contributed by atoms with Crippen molar-refractivity contribution < 1.29 is 4.74 Å². The van der Waals surface area contributed by atoms with E-state index in [0.717, 1.165) is 19.1 Å². The van der Waals surface area contributed by atoms with E-state index in [1.165, 1.54) is 32.1 Å². The molecule has 1 heterocycles. The van der Waals surface area contributed by atoms with Crippen LogP contribution in [0.3, 0.4) is 0 Å². The second-order valence-electron chi connectivity index (χ2n) is 5.13. The Hall–Kier alpha value is -0.0800. The van der Waals surface area contributed by atoms with Gasteiger partial charge in [0.1, 0.15) is 0 Å². The van der Waals surface area contributed by atoms with Gasteiger partial charge in [-0.3, -0.25) is 0 Å². The van der Waals surface area contributed by atoms with Crippen molar-refractivity contribution in [1.29, 1.82) is 0 Å². The highest BCUT2D eigenvalue weighted by Gasteiger charge is 2.38. The second-order valence-corrected chi connectivity index (χ2v) is 5.13. The average Bonchev–Trinajstić information content (AvgIpc) is 2.24. The molecule has 2 nitrogen and oxygen atoms in total. The number of morpholine rings is 1. The lowest BCUT2D eigenvalue weighted by Crippen LogP contribution is -2.54. The van der Waals surface area contributed by atoms with Crippen LogP contribution >= 0.6 is 0 Å². The Balaban J connectivity index is 1.86. The summed E-state index contributed by atoms with van der Waals surface area (Å²) in [5.41, 5.74) is 0.207. The third-order valence-electron chi connectivity index (χ3n) is 4.01. The van der Waals surface area contributed by atoms with E-state index in [0.29, 0.717) is 6.04 Å². The first-order valence-corrected chi connectivity index (χ1v) is 6.11. The first kappa shape index (κ1) is 10.4. The predicted octanol–water partition coefficient (Wildman–Crippen LogP) is 2.33. The van der Waals surface area contributed by atoms with E-state index in [1.54, 1.807) is 0 Å². The van der Waals surface area contributed by atoms with Gasteiger partial charge >= 0.3 is 0 Å². The SMILES string of the molecule is CCC1CCC2(CC1)CNC(C)CO2. The molecular weight excluding hydrogens is 174 g/mol. The van der Waals surface area contributed by atoms with Gasteiger partial charge in [-0.05, 0) is 38.5 Å². The van der Waals surface area contributed by atoms with Gasteiger partial charge in [0.2, 0.25) is 0 Å². The molecule has 1 aliphatic carbocycles. The van der Waals surface area contributed by atoms with Crippen LogP contribution in [0.15, 0.2) is 0 Å². The van der Waals surface area contributed by atoms with E-state index in [-0.39, 0.29) is 5.60 Å². The zero-order chi connectivity index (χ0) is 10.0. The molecule has 1 atom stereocenters. The van der Waals surface area contributed by atoms with E-state index >= 15 is 0 Å². The van der Waals surface area contributed by atoms with Gasteiger partial charge in [0.25, 0.3) is 0 Å². The van der Waals surface area contributed by atoms with Crippen LogP contribution in [-0.2, 0) is 4.74 Å². The maximum absolute atomic E-state index is 6.05. The Morgan fingerprint density at radius 2 is 2.07 bits per heavy atom. The maximum Gasteiger partial charge on any atom is 0.0807 e. The van der Waals surface area contributed by atoms with Gasteiger partial charge in [0.15, 0.2) is 0 Å². The third-order valence-corrected chi connectivity index (χ3v) is 4.01. The molecule has 1 spiro atoms. The van der Waals surface area contributed by atoms with Crippen LogP contribution in [0.25, 0.3) is 0 Å². The van der Waals surface area contributed by atoms with Crippen molar-refractivity contribution in [2.24, 2.45) is 5.92 Å². The highest BCUT2D eigenvalue weighted by molar-refractivity contribution is 4.92. The van der Waals surface area contributed by atoms with Crippen LogP contribution in [0.5, 0.6) is 0 Å². The van der Waals surface area contributed by atoms with Crippen molar-refractivity contribution in [2.75, 3.05) is 13.2 Å². The Bertz CT molecular complexity index is 175.